The van der Waals surface area contributed by atoms with Gasteiger partial charge in [0, 0.05) is 15.9 Å². The van der Waals surface area contributed by atoms with Crippen LogP contribution in [0.15, 0.2) is 62.7 Å². The summed E-state index contributed by atoms with van der Waals surface area (Å²) < 4.78 is 7.86. The smallest absolute Gasteiger partial charge is 0.257 e. The van der Waals surface area contributed by atoms with E-state index in [0.717, 1.165) is 21.5 Å². The maximum Gasteiger partial charge on any atom is 0.257 e. The Balaban J connectivity index is 1.66. The SMILES string of the molecule is Cc1cc(C)n(-c2nc(N/N=C\c3ccco3)nc(Nc3ccc(Br)cc3)n2)n1. The van der Waals surface area contributed by atoms with Crippen molar-refractivity contribution in [2.24, 2.45) is 5.10 Å². The lowest BCUT2D eigenvalue weighted by Gasteiger charge is -2.09. The molecule has 0 saturated carbocycles. The first kappa shape index (κ1) is 18.8. The van der Waals surface area contributed by atoms with Crippen molar-refractivity contribution in [2.45, 2.75) is 13.8 Å². The maximum absolute atomic E-state index is 5.22. The average Bonchev–Trinajstić information content (AvgIpc) is 3.33. The van der Waals surface area contributed by atoms with Crippen LogP contribution in [0.2, 0.25) is 0 Å². The number of nitrogens with zero attached hydrogens (tertiary/aromatic N) is 6. The normalized spacial score (nSPS) is 11.1. The summed E-state index contributed by atoms with van der Waals surface area (Å²) in [7, 11) is 0. The number of furan rings is 1. The summed E-state index contributed by atoms with van der Waals surface area (Å²) in [6.45, 7) is 3.85. The van der Waals surface area contributed by atoms with Crippen LogP contribution in [0.5, 0.6) is 0 Å². The summed E-state index contributed by atoms with van der Waals surface area (Å²) in [6.07, 6.45) is 3.11. The number of anilines is 3. The van der Waals surface area contributed by atoms with E-state index in [1.165, 1.54) is 6.21 Å². The minimum Gasteiger partial charge on any atom is -0.463 e. The van der Waals surface area contributed by atoms with E-state index < -0.39 is 0 Å². The first-order chi connectivity index (χ1) is 14.1. The Morgan fingerprint density at radius 1 is 1.07 bits per heavy atom. The van der Waals surface area contributed by atoms with Gasteiger partial charge < -0.3 is 9.73 Å². The molecule has 3 aromatic heterocycles. The van der Waals surface area contributed by atoms with Crippen molar-refractivity contribution in [3.63, 3.8) is 0 Å². The minimum absolute atomic E-state index is 0.268. The quantitative estimate of drug-likeness (QED) is 0.333. The zero-order valence-corrected chi connectivity index (χ0v) is 17.3. The third-order valence-electron chi connectivity index (χ3n) is 3.82. The van der Waals surface area contributed by atoms with Gasteiger partial charge in [-0.1, -0.05) is 15.9 Å². The predicted molar refractivity (Wildman–Crippen MR) is 114 cm³/mol. The number of halogens is 1. The number of hydrogen-bond donors (Lipinski definition) is 2. The number of benzene rings is 1. The van der Waals surface area contributed by atoms with E-state index in [-0.39, 0.29) is 5.95 Å². The zero-order valence-electron chi connectivity index (χ0n) is 15.7. The van der Waals surface area contributed by atoms with Crippen LogP contribution in [-0.2, 0) is 0 Å². The van der Waals surface area contributed by atoms with Gasteiger partial charge in [0.1, 0.15) is 5.76 Å². The van der Waals surface area contributed by atoms with E-state index in [9.17, 15) is 0 Å². The van der Waals surface area contributed by atoms with Gasteiger partial charge in [-0.3, -0.25) is 0 Å². The van der Waals surface area contributed by atoms with Gasteiger partial charge in [0.2, 0.25) is 11.9 Å². The largest absolute Gasteiger partial charge is 0.463 e. The molecule has 3 heterocycles. The van der Waals surface area contributed by atoms with Gasteiger partial charge in [0.15, 0.2) is 0 Å². The number of rotatable bonds is 6. The van der Waals surface area contributed by atoms with Gasteiger partial charge in [-0.25, -0.2) is 10.1 Å². The highest BCUT2D eigenvalue weighted by Crippen LogP contribution is 2.19. The van der Waals surface area contributed by atoms with E-state index in [2.05, 4.69) is 51.8 Å². The van der Waals surface area contributed by atoms with Crippen molar-refractivity contribution >= 4 is 39.7 Å². The number of aromatic nitrogens is 5. The average molecular weight is 453 g/mol. The molecular weight excluding hydrogens is 436 g/mol. The Bertz CT molecular complexity index is 1140. The molecule has 0 unspecified atom stereocenters. The number of aryl methyl sites for hydroxylation is 2. The summed E-state index contributed by atoms with van der Waals surface area (Å²) in [4.78, 5) is 13.3. The maximum atomic E-state index is 5.22. The monoisotopic (exact) mass is 452 g/mol. The predicted octanol–water partition coefficient (Wildman–Crippen LogP) is 4.22. The third kappa shape index (κ3) is 4.66. The highest BCUT2D eigenvalue weighted by molar-refractivity contribution is 9.10. The molecule has 2 N–H and O–H groups in total. The Hall–Kier alpha value is -3.53. The minimum atomic E-state index is 0.268. The van der Waals surface area contributed by atoms with Crippen molar-refractivity contribution in [3.8, 4) is 5.95 Å². The number of nitrogens with one attached hydrogen (secondary N) is 2. The Morgan fingerprint density at radius 2 is 1.86 bits per heavy atom. The molecule has 4 rings (SSSR count). The van der Waals surface area contributed by atoms with Crippen LogP contribution >= 0.6 is 15.9 Å². The second kappa shape index (κ2) is 8.23. The van der Waals surface area contributed by atoms with E-state index in [0.29, 0.717) is 17.7 Å². The van der Waals surface area contributed by atoms with Crippen molar-refractivity contribution in [3.05, 3.63) is 70.3 Å². The fourth-order valence-corrected chi connectivity index (χ4v) is 2.84. The van der Waals surface area contributed by atoms with Crippen LogP contribution in [0.4, 0.5) is 17.6 Å². The number of hydrazone groups is 1. The summed E-state index contributed by atoms with van der Waals surface area (Å²) in [6, 6.07) is 13.2. The molecule has 0 bridgehead atoms. The Morgan fingerprint density at radius 3 is 2.55 bits per heavy atom. The lowest BCUT2D eigenvalue weighted by atomic mass is 10.3. The first-order valence-corrected chi connectivity index (χ1v) is 9.51. The van der Waals surface area contributed by atoms with Crippen molar-refractivity contribution in [2.75, 3.05) is 10.7 Å². The lowest BCUT2D eigenvalue weighted by molar-refractivity contribution is 0.560. The van der Waals surface area contributed by atoms with Gasteiger partial charge in [-0.2, -0.15) is 25.2 Å². The molecule has 0 fully saturated rings. The molecule has 0 aliphatic rings. The van der Waals surface area contributed by atoms with Crippen molar-refractivity contribution in [1.29, 1.82) is 0 Å². The molecule has 0 aliphatic heterocycles. The first-order valence-electron chi connectivity index (χ1n) is 8.72. The molecule has 4 aromatic rings. The summed E-state index contributed by atoms with van der Waals surface area (Å²) in [5.74, 6) is 1.62. The molecule has 29 heavy (non-hydrogen) atoms. The van der Waals surface area contributed by atoms with Crippen LogP contribution in [-0.4, -0.2) is 30.9 Å². The molecule has 146 valence electrons. The molecule has 9 nitrogen and oxygen atoms in total. The summed E-state index contributed by atoms with van der Waals surface area (Å²) >= 11 is 3.43. The molecular formula is C19H17BrN8O. The lowest BCUT2D eigenvalue weighted by Crippen LogP contribution is -2.11. The highest BCUT2D eigenvalue weighted by Gasteiger charge is 2.12. The van der Waals surface area contributed by atoms with Crippen LogP contribution in [0.25, 0.3) is 5.95 Å². The topological polar surface area (TPSA) is 106 Å². The summed E-state index contributed by atoms with van der Waals surface area (Å²) in [5.41, 5.74) is 5.43. The standard InChI is InChI=1S/C19H17BrN8O/c1-12-10-13(2)28(27-12)19-24-17(22-15-7-5-14(20)6-8-15)23-18(25-19)26-21-11-16-4-3-9-29-16/h3-11H,1-2H3,(H2,22,23,24,25,26)/b21-11-. The van der Waals surface area contributed by atoms with Gasteiger partial charge in [-0.15, -0.1) is 0 Å². The molecule has 0 saturated heterocycles. The fourth-order valence-electron chi connectivity index (χ4n) is 2.58. The second-order valence-corrected chi connectivity index (χ2v) is 7.05. The van der Waals surface area contributed by atoms with Crippen LogP contribution < -0.4 is 10.7 Å². The third-order valence-corrected chi connectivity index (χ3v) is 4.35. The molecule has 0 aliphatic carbocycles. The highest BCUT2D eigenvalue weighted by atomic mass is 79.9. The van der Waals surface area contributed by atoms with Gasteiger partial charge in [0.05, 0.1) is 18.2 Å². The van der Waals surface area contributed by atoms with E-state index in [1.54, 1.807) is 23.1 Å². The van der Waals surface area contributed by atoms with Crippen LogP contribution in [0, 0.1) is 13.8 Å². The molecule has 0 radical (unpaired) electrons. The van der Waals surface area contributed by atoms with Gasteiger partial charge in [0.25, 0.3) is 5.95 Å². The Kier molecular flexibility index (Phi) is 5.34. The summed E-state index contributed by atoms with van der Waals surface area (Å²) in [5, 5.41) is 11.7. The second-order valence-electron chi connectivity index (χ2n) is 6.14. The molecule has 0 spiro atoms. The van der Waals surface area contributed by atoms with E-state index in [4.69, 9.17) is 4.42 Å². The molecule has 1 aromatic carbocycles. The van der Waals surface area contributed by atoms with Crippen LogP contribution in [0.3, 0.4) is 0 Å². The molecule has 0 atom stereocenters. The fraction of sp³-hybridized carbons (Fsp3) is 0.105. The zero-order chi connectivity index (χ0) is 20.2. The van der Waals surface area contributed by atoms with Crippen molar-refractivity contribution in [1.82, 2.24) is 24.7 Å². The van der Waals surface area contributed by atoms with Crippen molar-refractivity contribution < 1.29 is 4.42 Å². The van der Waals surface area contributed by atoms with Gasteiger partial charge >= 0.3 is 0 Å². The number of hydrogen-bond acceptors (Lipinski definition) is 8. The molecule has 0 amide bonds. The van der Waals surface area contributed by atoms with Crippen LogP contribution in [0.1, 0.15) is 17.1 Å². The van der Waals surface area contributed by atoms with Gasteiger partial charge in [-0.05, 0) is 56.3 Å². The molecule has 10 heteroatoms. The Labute approximate surface area is 175 Å². The van der Waals surface area contributed by atoms with E-state index >= 15 is 0 Å². The van der Waals surface area contributed by atoms with E-state index in [1.807, 2.05) is 44.2 Å².